The van der Waals surface area contributed by atoms with E-state index in [-0.39, 0.29) is 11.4 Å². The summed E-state index contributed by atoms with van der Waals surface area (Å²) < 4.78 is 5.90. The number of imidazole rings is 2. The van der Waals surface area contributed by atoms with Gasteiger partial charge in [0.05, 0.1) is 33.4 Å². The third-order valence-electron chi connectivity index (χ3n) is 4.73. The van der Waals surface area contributed by atoms with Crippen LogP contribution in [0.15, 0.2) is 62.7 Å². The molecule has 0 aliphatic heterocycles. The van der Waals surface area contributed by atoms with E-state index in [2.05, 4.69) is 31.0 Å². The van der Waals surface area contributed by atoms with Crippen LogP contribution in [0, 0.1) is 6.92 Å². The van der Waals surface area contributed by atoms with Gasteiger partial charge in [-0.25, -0.2) is 14.3 Å². The zero-order chi connectivity index (χ0) is 20.7. The molecule has 5 rings (SSSR count). The lowest BCUT2D eigenvalue weighted by molar-refractivity contribution is 0.844. The van der Waals surface area contributed by atoms with Crippen LogP contribution in [0.2, 0.25) is 0 Å². The molecule has 0 unspecified atom stereocenters. The van der Waals surface area contributed by atoms with E-state index in [0.717, 1.165) is 37.9 Å². The van der Waals surface area contributed by atoms with Crippen molar-refractivity contribution in [2.75, 3.05) is 0 Å². The number of nitrogens with zero attached hydrogens (tertiary/aromatic N) is 4. The average Bonchev–Trinajstić information content (AvgIpc) is 3.34. The number of fused-ring (bicyclic) bond motifs is 2. The van der Waals surface area contributed by atoms with Crippen LogP contribution in [0.3, 0.4) is 0 Å². The number of benzene rings is 2. The molecule has 29 heavy (non-hydrogen) atoms. The summed E-state index contributed by atoms with van der Waals surface area (Å²) in [6.45, 7) is 1.94. The maximum atomic E-state index is 11.6. The molecule has 8 nitrogen and oxygen atoms in total. The number of aryl methyl sites for hydroxylation is 3. The van der Waals surface area contributed by atoms with Crippen LogP contribution in [0.4, 0.5) is 0 Å². The minimum absolute atomic E-state index is 0.0862. The molecule has 9 heteroatoms. The van der Waals surface area contributed by atoms with Crippen molar-refractivity contribution in [1.29, 1.82) is 0 Å². The van der Waals surface area contributed by atoms with E-state index in [9.17, 15) is 9.59 Å². The number of hydrogen-bond donors (Lipinski definition) is 2. The molecule has 2 N–H and O–H groups in total. The maximum absolute atomic E-state index is 11.6. The molecule has 0 aliphatic rings. The quantitative estimate of drug-likeness (QED) is 0.407. The molecule has 3 aromatic heterocycles. The Balaban J connectivity index is 0.000000150. The molecule has 0 bridgehead atoms. The molecular formula is C20H19BrN6O2. The van der Waals surface area contributed by atoms with Gasteiger partial charge in [0, 0.05) is 24.8 Å². The number of nitrogens with one attached hydrogen (secondary N) is 2. The number of halogens is 1. The maximum Gasteiger partial charge on any atom is 0.326 e. The predicted octanol–water partition coefficient (Wildman–Crippen LogP) is 2.99. The minimum atomic E-state index is -0.115. The first-order valence-electron chi connectivity index (χ1n) is 8.90. The van der Waals surface area contributed by atoms with E-state index < -0.39 is 0 Å². The first kappa shape index (κ1) is 19.0. The van der Waals surface area contributed by atoms with Gasteiger partial charge in [-0.1, -0.05) is 12.1 Å². The van der Waals surface area contributed by atoms with E-state index in [0.29, 0.717) is 0 Å². The van der Waals surface area contributed by atoms with E-state index in [1.165, 1.54) is 0 Å². The second-order valence-corrected chi connectivity index (χ2v) is 7.54. The first-order chi connectivity index (χ1) is 13.9. The van der Waals surface area contributed by atoms with Gasteiger partial charge < -0.3 is 9.97 Å². The number of H-pyrrole nitrogens is 2. The Bertz CT molecular complexity index is 1450. The van der Waals surface area contributed by atoms with E-state index in [1.54, 1.807) is 27.9 Å². The lowest BCUT2D eigenvalue weighted by atomic mass is 10.2. The lowest BCUT2D eigenvalue weighted by Crippen LogP contribution is -2.12. The number of aromatic amines is 2. The molecule has 2 aromatic carbocycles. The fourth-order valence-corrected chi connectivity index (χ4v) is 3.91. The van der Waals surface area contributed by atoms with Crippen LogP contribution in [0.1, 0.15) is 5.69 Å². The Labute approximate surface area is 173 Å². The number of rotatable bonds is 1. The van der Waals surface area contributed by atoms with Crippen molar-refractivity contribution < 1.29 is 0 Å². The monoisotopic (exact) mass is 454 g/mol. The van der Waals surface area contributed by atoms with Crippen molar-refractivity contribution in [2.45, 2.75) is 6.92 Å². The SMILES string of the molecule is Cc1ccn(-c2cccc3[nH]c(=O)n(C)c23)n1.Cn1c(=O)[nH]c2cccc(Br)c21. The third kappa shape index (κ3) is 3.33. The molecule has 148 valence electrons. The molecule has 5 aromatic rings. The van der Waals surface area contributed by atoms with Crippen molar-refractivity contribution in [3.05, 3.63) is 79.8 Å². The molecule has 0 aliphatic carbocycles. The summed E-state index contributed by atoms with van der Waals surface area (Å²) >= 11 is 3.38. The van der Waals surface area contributed by atoms with Crippen LogP contribution in [0.25, 0.3) is 27.8 Å². The van der Waals surface area contributed by atoms with Crippen LogP contribution < -0.4 is 11.4 Å². The summed E-state index contributed by atoms with van der Waals surface area (Å²) in [5.74, 6) is 0. The van der Waals surface area contributed by atoms with Crippen molar-refractivity contribution in [1.82, 2.24) is 28.9 Å². The number of hydrogen-bond acceptors (Lipinski definition) is 3. The Morgan fingerprint density at radius 3 is 2.03 bits per heavy atom. The summed E-state index contributed by atoms with van der Waals surface area (Å²) in [6, 6.07) is 13.4. The molecule has 3 heterocycles. The van der Waals surface area contributed by atoms with E-state index in [4.69, 9.17) is 0 Å². The largest absolute Gasteiger partial charge is 0.326 e. The Hall–Kier alpha value is -3.33. The average molecular weight is 455 g/mol. The molecular weight excluding hydrogens is 436 g/mol. The van der Waals surface area contributed by atoms with Crippen molar-refractivity contribution >= 4 is 38.0 Å². The lowest BCUT2D eigenvalue weighted by Gasteiger charge is -2.04. The van der Waals surface area contributed by atoms with Gasteiger partial charge in [0.2, 0.25) is 0 Å². The van der Waals surface area contributed by atoms with Crippen molar-refractivity contribution in [2.24, 2.45) is 14.1 Å². The van der Waals surface area contributed by atoms with Gasteiger partial charge in [-0.15, -0.1) is 0 Å². The molecule has 0 fully saturated rings. The smallest absolute Gasteiger partial charge is 0.306 e. The van der Waals surface area contributed by atoms with E-state index in [1.807, 2.05) is 55.6 Å². The predicted molar refractivity (Wildman–Crippen MR) is 117 cm³/mol. The van der Waals surface area contributed by atoms with E-state index >= 15 is 0 Å². The number of para-hydroxylation sites is 2. The second kappa shape index (κ2) is 7.25. The summed E-state index contributed by atoms with van der Waals surface area (Å²) in [7, 11) is 3.49. The summed E-state index contributed by atoms with van der Waals surface area (Å²) in [4.78, 5) is 28.3. The van der Waals surface area contributed by atoms with Gasteiger partial charge in [-0.2, -0.15) is 5.10 Å². The first-order valence-corrected chi connectivity index (χ1v) is 9.69. The van der Waals surface area contributed by atoms with Gasteiger partial charge in [0.25, 0.3) is 0 Å². The molecule has 0 spiro atoms. The molecule has 0 saturated heterocycles. The molecule has 0 radical (unpaired) electrons. The fourth-order valence-electron chi connectivity index (χ4n) is 3.28. The Kier molecular flexibility index (Phi) is 4.75. The highest BCUT2D eigenvalue weighted by Gasteiger charge is 2.10. The standard InChI is InChI=1S/C12H12N4O.C8H7BrN2O/c1-8-6-7-16(14-8)10-5-3-4-9-11(10)15(2)12(17)13-9;1-11-7-5(9)3-2-4-6(7)10-8(11)12/h3-7H,1-2H3,(H,13,17);2-4H,1H3,(H,10,12). The van der Waals surface area contributed by atoms with Gasteiger partial charge in [-0.05, 0) is 53.2 Å². The van der Waals surface area contributed by atoms with Gasteiger partial charge in [0.15, 0.2) is 0 Å². The highest BCUT2D eigenvalue weighted by molar-refractivity contribution is 9.10. The fraction of sp³-hybridized carbons (Fsp3) is 0.150. The van der Waals surface area contributed by atoms with Crippen molar-refractivity contribution in [3.63, 3.8) is 0 Å². The van der Waals surface area contributed by atoms with Gasteiger partial charge in [-0.3, -0.25) is 9.13 Å². The van der Waals surface area contributed by atoms with Crippen molar-refractivity contribution in [3.8, 4) is 5.69 Å². The molecule has 0 saturated carbocycles. The normalized spacial score (nSPS) is 11.0. The van der Waals surface area contributed by atoms with Crippen LogP contribution in [0.5, 0.6) is 0 Å². The van der Waals surface area contributed by atoms with Gasteiger partial charge >= 0.3 is 11.4 Å². The summed E-state index contributed by atoms with van der Waals surface area (Å²) in [5.41, 5.74) is 5.09. The Morgan fingerprint density at radius 1 is 0.862 bits per heavy atom. The molecule has 0 atom stereocenters. The van der Waals surface area contributed by atoms with Gasteiger partial charge in [0.1, 0.15) is 0 Å². The zero-order valence-corrected chi connectivity index (χ0v) is 17.7. The zero-order valence-electron chi connectivity index (χ0n) is 16.1. The topological polar surface area (TPSA) is 93.4 Å². The van der Waals surface area contributed by atoms with Crippen LogP contribution in [-0.4, -0.2) is 28.9 Å². The number of aromatic nitrogens is 6. The second-order valence-electron chi connectivity index (χ2n) is 6.69. The van der Waals surface area contributed by atoms with Crippen LogP contribution >= 0.6 is 15.9 Å². The summed E-state index contributed by atoms with van der Waals surface area (Å²) in [5, 5.41) is 4.37. The Morgan fingerprint density at radius 2 is 1.45 bits per heavy atom. The van der Waals surface area contributed by atoms with Crippen LogP contribution in [-0.2, 0) is 14.1 Å². The minimum Gasteiger partial charge on any atom is -0.306 e. The summed E-state index contributed by atoms with van der Waals surface area (Å²) in [6.07, 6.45) is 1.89. The molecule has 0 amide bonds. The third-order valence-corrected chi connectivity index (χ3v) is 5.37. The highest BCUT2D eigenvalue weighted by atomic mass is 79.9. The highest BCUT2D eigenvalue weighted by Crippen LogP contribution is 2.20.